The van der Waals surface area contributed by atoms with Crippen molar-refractivity contribution in [2.24, 2.45) is 10.9 Å². The molecular formula is C27H42ClN9O4. The number of carbonyl (C=O) groups excluding carboxylic acids is 2. The fourth-order valence-corrected chi connectivity index (χ4v) is 5.11. The molecule has 13 nitrogen and oxygen atoms in total. The Balaban J connectivity index is 0.00000287. The first-order chi connectivity index (χ1) is 19.7. The van der Waals surface area contributed by atoms with Gasteiger partial charge in [0.05, 0.1) is 18.3 Å². The number of carbonyl (C=O) groups is 2. The Bertz CT molecular complexity index is 1190. The summed E-state index contributed by atoms with van der Waals surface area (Å²) in [7, 11) is 0. The van der Waals surface area contributed by atoms with Gasteiger partial charge < -0.3 is 25.8 Å². The zero-order chi connectivity index (χ0) is 30.5. The van der Waals surface area contributed by atoms with E-state index in [1.807, 2.05) is 18.7 Å². The standard InChI is InChI=1S/C25H36ClN9O4.C2H6/c1-3-17-15-34(22-24(37)32-20(14-30-22)23(36)29-8-9-31-39)12-13-35(17)18-6-10-33(11-7-18)25(38)19(16(2)27)4-5-21(26)28;1-2/h4-5,14,17-18,28H,3,6-13,15,27H2,1-2H3,(H,29,36)(H,32,37);1-2H3/b5-4-,19-16-,28-21?;. The van der Waals surface area contributed by atoms with E-state index in [0.29, 0.717) is 43.5 Å². The number of rotatable bonds is 10. The van der Waals surface area contributed by atoms with Crippen LogP contribution in [-0.4, -0.2) is 94.6 Å². The molecule has 1 aromatic heterocycles. The molecule has 2 saturated heterocycles. The lowest BCUT2D eigenvalue weighted by Crippen LogP contribution is -2.59. The number of allylic oxidation sites excluding steroid dienone is 2. The molecule has 0 aliphatic carbocycles. The fourth-order valence-electron chi connectivity index (χ4n) is 5.05. The third-order valence-corrected chi connectivity index (χ3v) is 7.20. The predicted octanol–water partition coefficient (Wildman–Crippen LogP) is 2.19. The number of amides is 2. The highest BCUT2D eigenvalue weighted by molar-refractivity contribution is 6.67. The van der Waals surface area contributed by atoms with Crippen LogP contribution in [0.4, 0.5) is 5.82 Å². The molecule has 1 atom stereocenters. The maximum Gasteiger partial charge on any atom is 0.291 e. The van der Waals surface area contributed by atoms with Gasteiger partial charge in [0.1, 0.15) is 10.9 Å². The number of nitrogens with one attached hydrogen (secondary N) is 3. The van der Waals surface area contributed by atoms with Crippen LogP contribution in [0.1, 0.15) is 57.4 Å². The number of nitroso groups, excluding NO2 is 1. The molecule has 2 fully saturated rings. The minimum absolute atomic E-state index is 0.0286. The van der Waals surface area contributed by atoms with Gasteiger partial charge in [0.2, 0.25) is 0 Å². The molecule has 3 heterocycles. The van der Waals surface area contributed by atoms with Gasteiger partial charge in [-0.05, 0) is 38.3 Å². The van der Waals surface area contributed by atoms with E-state index in [-0.39, 0.29) is 41.7 Å². The summed E-state index contributed by atoms with van der Waals surface area (Å²) in [5.41, 5.74) is 6.23. The van der Waals surface area contributed by atoms with Crippen molar-refractivity contribution in [1.29, 1.82) is 5.41 Å². The van der Waals surface area contributed by atoms with Crippen LogP contribution in [0.3, 0.4) is 0 Å². The van der Waals surface area contributed by atoms with E-state index in [1.54, 1.807) is 11.8 Å². The summed E-state index contributed by atoms with van der Waals surface area (Å²) in [6, 6.07) is 0.503. The van der Waals surface area contributed by atoms with E-state index < -0.39 is 11.5 Å². The molecule has 2 amide bonds. The largest absolute Gasteiger partial charge is 0.402 e. The summed E-state index contributed by atoms with van der Waals surface area (Å²) in [6.45, 7) is 11.0. The lowest BCUT2D eigenvalue weighted by molar-refractivity contribution is -0.128. The van der Waals surface area contributed by atoms with Gasteiger partial charge in [-0.2, -0.15) is 4.91 Å². The SMILES string of the molecule is CC.CCC1CN(c2ncc(C(=O)NCCN=O)[nH]c2=O)CCN1C1CCN(C(=O)C(/C=C\C(=N)Cl)=C(/C)N)CC1. The molecule has 0 bridgehead atoms. The van der Waals surface area contributed by atoms with Gasteiger partial charge in [0.15, 0.2) is 5.82 Å². The summed E-state index contributed by atoms with van der Waals surface area (Å²) in [6.07, 6.45) is 6.68. The van der Waals surface area contributed by atoms with Gasteiger partial charge in [-0.1, -0.05) is 37.5 Å². The van der Waals surface area contributed by atoms with Gasteiger partial charge in [-0.3, -0.25) is 24.7 Å². The highest BCUT2D eigenvalue weighted by Crippen LogP contribution is 2.25. The summed E-state index contributed by atoms with van der Waals surface area (Å²) >= 11 is 5.60. The fraction of sp³-hybridized carbons (Fsp3) is 0.593. The molecular weight excluding hydrogens is 550 g/mol. The highest BCUT2D eigenvalue weighted by atomic mass is 35.5. The van der Waals surface area contributed by atoms with Crippen LogP contribution in [-0.2, 0) is 4.79 Å². The van der Waals surface area contributed by atoms with Crippen LogP contribution in [0.25, 0.3) is 0 Å². The Kier molecular flexibility index (Phi) is 13.6. The van der Waals surface area contributed by atoms with Gasteiger partial charge in [0, 0.05) is 57.0 Å². The van der Waals surface area contributed by atoms with Crippen molar-refractivity contribution in [3.8, 4) is 0 Å². The number of nitrogens with zero attached hydrogens (tertiary/aromatic N) is 5. The van der Waals surface area contributed by atoms with Crippen molar-refractivity contribution in [2.75, 3.05) is 50.7 Å². The van der Waals surface area contributed by atoms with Crippen LogP contribution >= 0.6 is 11.6 Å². The minimum Gasteiger partial charge on any atom is -0.402 e. The predicted molar refractivity (Wildman–Crippen MR) is 161 cm³/mol. The van der Waals surface area contributed by atoms with Gasteiger partial charge in [0.25, 0.3) is 17.4 Å². The number of halogens is 1. The molecule has 226 valence electrons. The molecule has 0 aromatic carbocycles. The van der Waals surface area contributed by atoms with Gasteiger partial charge in [-0.25, -0.2) is 4.98 Å². The number of hydrogen-bond acceptors (Lipinski definition) is 10. The average Bonchev–Trinajstić information content (AvgIpc) is 2.97. The Morgan fingerprint density at radius 1 is 1.24 bits per heavy atom. The van der Waals surface area contributed by atoms with E-state index in [9.17, 15) is 19.3 Å². The third kappa shape index (κ3) is 9.22. The second-order valence-electron chi connectivity index (χ2n) is 9.61. The average molecular weight is 592 g/mol. The summed E-state index contributed by atoms with van der Waals surface area (Å²) in [5, 5.41) is 12.4. The number of nitrogens with two attached hydrogens (primary N) is 1. The first-order valence-corrected chi connectivity index (χ1v) is 14.4. The number of aromatic nitrogens is 2. The van der Waals surface area contributed by atoms with Gasteiger partial charge in [-0.15, -0.1) is 0 Å². The van der Waals surface area contributed by atoms with Crippen molar-refractivity contribution < 1.29 is 9.59 Å². The molecule has 0 radical (unpaired) electrons. The molecule has 5 N–H and O–H groups in total. The monoisotopic (exact) mass is 591 g/mol. The number of anilines is 1. The van der Waals surface area contributed by atoms with Crippen molar-refractivity contribution >= 4 is 34.4 Å². The number of piperidine rings is 1. The van der Waals surface area contributed by atoms with Crippen LogP contribution < -0.4 is 21.5 Å². The normalized spacial score (nSPS) is 18.8. The highest BCUT2D eigenvalue weighted by Gasteiger charge is 2.35. The van der Waals surface area contributed by atoms with E-state index in [0.717, 1.165) is 25.8 Å². The molecule has 2 aliphatic heterocycles. The number of likely N-dealkylation sites (tertiary alicyclic amines) is 1. The van der Waals surface area contributed by atoms with Crippen molar-refractivity contribution in [3.05, 3.63) is 50.6 Å². The topological polar surface area (TPSA) is 181 Å². The lowest BCUT2D eigenvalue weighted by atomic mass is 9.97. The first kappa shape index (κ1) is 33.6. The van der Waals surface area contributed by atoms with Crippen molar-refractivity contribution in [2.45, 2.75) is 59.0 Å². The van der Waals surface area contributed by atoms with Crippen LogP contribution in [0.2, 0.25) is 0 Å². The molecule has 14 heteroatoms. The molecule has 1 unspecified atom stereocenters. The summed E-state index contributed by atoms with van der Waals surface area (Å²) < 4.78 is 0. The molecule has 1 aromatic rings. The Morgan fingerprint density at radius 2 is 1.93 bits per heavy atom. The number of piperazine rings is 1. The second-order valence-corrected chi connectivity index (χ2v) is 10.0. The van der Waals surface area contributed by atoms with E-state index in [4.69, 9.17) is 22.7 Å². The third-order valence-electron chi connectivity index (χ3n) is 7.07. The molecule has 0 spiro atoms. The minimum atomic E-state index is -0.519. The van der Waals surface area contributed by atoms with E-state index in [1.165, 1.54) is 18.3 Å². The number of H-pyrrole nitrogens is 1. The number of aromatic amines is 1. The molecule has 3 rings (SSSR count). The van der Waals surface area contributed by atoms with Crippen molar-refractivity contribution in [3.63, 3.8) is 0 Å². The molecule has 0 saturated carbocycles. The Labute approximate surface area is 245 Å². The van der Waals surface area contributed by atoms with E-state index >= 15 is 0 Å². The second kappa shape index (κ2) is 16.6. The molecule has 2 aliphatic rings. The van der Waals surface area contributed by atoms with Gasteiger partial charge >= 0.3 is 0 Å². The summed E-state index contributed by atoms with van der Waals surface area (Å²) in [4.78, 5) is 61.2. The zero-order valence-corrected chi connectivity index (χ0v) is 25.0. The smallest absolute Gasteiger partial charge is 0.291 e. The lowest BCUT2D eigenvalue weighted by Gasteiger charge is -2.47. The quantitative estimate of drug-likeness (QED) is 0.105. The maximum atomic E-state index is 13.0. The Hall–Kier alpha value is -3.58. The number of hydrogen-bond donors (Lipinski definition) is 4. The zero-order valence-electron chi connectivity index (χ0n) is 24.3. The van der Waals surface area contributed by atoms with Crippen LogP contribution in [0, 0.1) is 10.3 Å². The van der Waals surface area contributed by atoms with Crippen LogP contribution in [0.15, 0.2) is 39.6 Å². The Morgan fingerprint density at radius 3 is 2.49 bits per heavy atom. The van der Waals surface area contributed by atoms with Crippen molar-refractivity contribution in [1.82, 2.24) is 25.1 Å². The van der Waals surface area contributed by atoms with Crippen LogP contribution in [0.5, 0.6) is 0 Å². The van der Waals surface area contributed by atoms with E-state index in [2.05, 4.69) is 32.3 Å². The summed E-state index contributed by atoms with van der Waals surface area (Å²) in [5.74, 6) is -0.411. The first-order valence-electron chi connectivity index (χ1n) is 14.0. The molecule has 41 heavy (non-hydrogen) atoms. The maximum absolute atomic E-state index is 13.0.